The van der Waals surface area contributed by atoms with Gasteiger partial charge in [-0.3, -0.25) is 4.99 Å². The molecule has 110 valence electrons. The number of halogens is 4. The maximum atomic E-state index is 12.8. The van der Waals surface area contributed by atoms with Gasteiger partial charge in [0.1, 0.15) is 0 Å². The number of rotatable bonds is 2. The fourth-order valence-electron chi connectivity index (χ4n) is 1.87. The SMILES string of the molecule is CCC1CCSC(Nc2ccc(Br)c(C(F)(F)F)c2)=N1. The molecule has 1 aromatic rings. The second-order valence-electron chi connectivity index (χ2n) is 4.45. The summed E-state index contributed by atoms with van der Waals surface area (Å²) < 4.78 is 38.5. The van der Waals surface area contributed by atoms with Gasteiger partial charge in [-0.15, -0.1) is 0 Å². The first-order valence-electron chi connectivity index (χ1n) is 6.24. The molecule has 7 heteroatoms. The van der Waals surface area contributed by atoms with Crippen molar-refractivity contribution in [3.8, 4) is 0 Å². The molecule has 0 saturated heterocycles. The largest absolute Gasteiger partial charge is 0.417 e. The van der Waals surface area contributed by atoms with Crippen LogP contribution in [0.3, 0.4) is 0 Å². The molecule has 0 bridgehead atoms. The Kier molecular flexibility index (Phi) is 5.01. The maximum absolute atomic E-state index is 12.8. The lowest BCUT2D eigenvalue weighted by molar-refractivity contribution is -0.138. The molecule has 2 nitrogen and oxygen atoms in total. The van der Waals surface area contributed by atoms with Crippen LogP contribution in [-0.2, 0) is 6.18 Å². The van der Waals surface area contributed by atoms with Crippen molar-refractivity contribution in [3.05, 3.63) is 28.2 Å². The van der Waals surface area contributed by atoms with Gasteiger partial charge in [0.2, 0.25) is 0 Å². The molecule has 20 heavy (non-hydrogen) atoms. The van der Waals surface area contributed by atoms with Crippen molar-refractivity contribution >= 4 is 38.5 Å². The van der Waals surface area contributed by atoms with Crippen LogP contribution in [0, 0.1) is 0 Å². The Hall–Kier alpha value is -0.690. The Balaban J connectivity index is 2.20. The lowest BCUT2D eigenvalue weighted by Crippen LogP contribution is -2.19. The summed E-state index contributed by atoms with van der Waals surface area (Å²) in [5, 5.41) is 3.67. The van der Waals surface area contributed by atoms with Crippen LogP contribution in [0.1, 0.15) is 25.3 Å². The van der Waals surface area contributed by atoms with Gasteiger partial charge < -0.3 is 5.32 Å². The minimum Gasteiger partial charge on any atom is -0.335 e. The molecule has 1 atom stereocenters. The van der Waals surface area contributed by atoms with Crippen molar-refractivity contribution in [3.63, 3.8) is 0 Å². The highest BCUT2D eigenvalue weighted by Crippen LogP contribution is 2.36. The number of nitrogens with one attached hydrogen (secondary N) is 1. The van der Waals surface area contributed by atoms with Crippen LogP contribution in [-0.4, -0.2) is 17.0 Å². The number of benzene rings is 1. The zero-order valence-electron chi connectivity index (χ0n) is 10.8. The fraction of sp³-hybridized carbons (Fsp3) is 0.462. The summed E-state index contributed by atoms with van der Waals surface area (Å²) in [7, 11) is 0. The van der Waals surface area contributed by atoms with Gasteiger partial charge in [0.15, 0.2) is 5.17 Å². The van der Waals surface area contributed by atoms with E-state index in [2.05, 4.69) is 33.2 Å². The van der Waals surface area contributed by atoms with Gasteiger partial charge in [0.25, 0.3) is 0 Å². The maximum Gasteiger partial charge on any atom is 0.417 e. The molecular formula is C13H14BrF3N2S. The number of nitrogens with zero attached hydrogens (tertiary/aromatic N) is 1. The molecule has 0 saturated carbocycles. The van der Waals surface area contributed by atoms with Gasteiger partial charge in [-0.1, -0.05) is 34.6 Å². The van der Waals surface area contributed by atoms with Crippen molar-refractivity contribution in [1.29, 1.82) is 0 Å². The van der Waals surface area contributed by atoms with Crippen LogP contribution in [0.15, 0.2) is 27.7 Å². The van der Waals surface area contributed by atoms with E-state index in [4.69, 9.17) is 0 Å². The highest BCUT2D eigenvalue weighted by Gasteiger charge is 2.33. The van der Waals surface area contributed by atoms with E-state index >= 15 is 0 Å². The van der Waals surface area contributed by atoms with Gasteiger partial charge in [0.05, 0.1) is 11.6 Å². The quantitative estimate of drug-likeness (QED) is 0.782. The summed E-state index contributed by atoms with van der Waals surface area (Å²) in [6.07, 6.45) is -2.41. The van der Waals surface area contributed by atoms with Crippen LogP contribution in [0.4, 0.5) is 18.9 Å². The molecule has 2 rings (SSSR count). The minimum absolute atomic E-state index is 0.0419. The Labute approximate surface area is 128 Å². The highest BCUT2D eigenvalue weighted by atomic mass is 79.9. The average Bonchev–Trinajstić information content (AvgIpc) is 2.40. The van der Waals surface area contributed by atoms with Crippen LogP contribution in [0.5, 0.6) is 0 Å². The number of anilines is 1. The molecule has 0 amide bonds. The van der Waals surface area contributed by atoms with Crippen molar-refractivity contribution in [2.45, 2.75) is 32.0 Å². The molecule has 0 fully saturated rings. The number of amidine groups is 1. The second-order valence-corrected chi connectivity index (χ2v) is 6.39. The second kappa shape index (κ2) is 6.39. The molecule has 0 radical (unpaired) electrons. The minimum atomic E-state index is -4.37. The highest BCUT2D eigenvalue weighted by molar-refractivity contribution is 9.10. The van der Waals surface area contributed by atoms with Crippen molar-refractivity contribution in [1.82, 2.24) is 0 Å². The first-order valence-corrected chi connectivity index (χ1v) is 8.02. The molecule has 1 aliphatic rings. The van der Waals surface area contributed by atoms with Gasteiger partial charge in [-0.25, -0.2) is 0 Å². The van der Waals surface area contributed by atoms with E-state index in [1.807, 2.05) is 0 Å². The van der Waals surface area contributed by atoms with Crippen LogP contribution < -0.4 is 5.32 Å². The van der Waals surface area contributed by atoms with E-state index in [0.29, 0.717) is 10.9 Å². The summed E-state index contributed by atoms with van der Waals surface area (Å²) in [6.45, 7) is 2.06. The molecule has 0 spiro atoms. The number of thioether (sulfide) groups is 1. The van der Waals surface area contributed by atoms with E-state index in [1.165, 1.54) is 6.07 Å². The van der Waals surface area contributed by atoms with Gasteiger partial charge in [-0.2, -0.15) is 13.2 Å². The zero-order chi connectivity index (χ0) is 14.8. The zero-order valence-corrected chi connectivity index (χ0v) is 13.2. The third kappa shape index (κ3) is 3.91. The van der Waals surface area contributed by atoms with E-state index in [1.54, 1.807) is 17.8 Å². The molecule has 1 aliphatic heterocycles. The van der Waals surface area contributed by atoms with Crippen molar-refractivity contribution < 1.29 is 13.2 Å². The molecule has 1 N–H and O–H groups in total. The van der Waals surface area contributed by atoms with Gasteiger partial charge in [-0.05, 0) is 31.0 Å². The Morgan fingerprint density at radius 1 is 1.45 bits per heavy atom. The van der Waals surface area contributed by atoms with Gasteiger partial charge >= 0.3 is 6.18 Å². The molecule has 1 heterocycles. The average molecular weight is 367 g/mol. The number of hydrogen-bond acceptors (Lipinski definition) is 3. The third-order valence-electron chi connectivity index (χ3n) is 2.98. The number of aliphatic imine (C=N–C) groups is 1. The first-order chi connectivity index (χ1) is 9.40. The fourth-order valence-corrected chi connectivity index (χ4v) is 3.34. The summed E-state index contributed by atoms with van der Waals surface area (Å²) in [6, 6.07) is 4.37. The van der Waals surface area contributed by atoms with Crippen molar-refractivity contribution in [2.24, 2.45) is 4.99 Å². The van der Waals surface area contributed by atoms with E-state index < -0.39 is 11.7 Å². The molecule has 0 aliphatic carbocycles. The van der Waals surface area contributed by atoms with E-state index in [9.17, 15) is 13.2 Å². The van der Waals surface area contributed by atoms with Crippen LogP contribution in [0.25, 0.3) is 0 Å². The summed E-state index contributed by atoms with van der Waals surface area (Å²) in [4.78, 5) is 4.49. The van der Waals surface area contributed by atoms with Gasteiger partial charge in [0, 0.05) is 15.9 Å². The molecule has 1 unspecified atom stereocenters. The molecular weight excluding hydrogens is 353 g/mol. The van der Waals surface area contributed by atoms with Crippen LogP contribution in [0.2, 0.25) is 0 Å². The Morgan fingerprint density at radius 2 is 2.20 bits per heavy atom. The summed E-state index contributed by atoms with van der Waals surface area (Å²) >= 11 is 4.47. The lowest BCUT2D eigenvalue weighted by Gasteiger charge is -2.20. The summed E-state index contributed by atoms with van der Waals surface area (Å²) in [5.74, 6) is 0.937. The Morgan fingerprint density at radius 3 is 2.85 bits per heavy atom. The standard InChI is InChI=1S/C13H14BrF3N2S/c1-2-8-5-6-20-12(18-8)19-9-3-4-11(14)10(7-9)13(15,16)17/h3-4,7-8H,2,5-6H2,1H3,(H,18,19). The van der Waals surface area contributed by atoms with E-state index in [0.717, 1.165) is 24.7 Å². The number of hydrogen-bond donors (Lipinski definition) is 1. The van der Waals surface area contributed by atoms with E-state index in [-0.39, 0.29) is 10.5 Å². The third-order valence-corrected chi connectivity index (χ3v) is 4.60. The Bertz CT molecular complexity index is 517. The lowest BCUT2D eigenvalue weighted by atomic mass is 10.2. The normalized spacial score (nSPS) is 19.6. The van der Waals surface area contributed by atoms with Crippen LogP contribution >= 0.6 is 27.7 Å². The predicted molar refractivity (Wildman–Crippen MR) is 81.4 cm³/mol. The van der Waals surface area contributed by atoms with Crippen molar-refractivity contribution in [2.75, 3.05) is 11.1 Å². The molecule has 0 aromatic heterocycles. The summed E-state index contributed by atoms with van der Waals surface area (Å²) in [5.41, 5.74) is -0.278. The first kappa shape index (κ1) is 15.7. The molecule has 1 aromatic carbocycles. The number of alkyl halides is 3. The monoisotopic (exact) mass is 366 g/mol. The topological polar surface area (TPSA) is 24.4 Å². The smallest absolute Gasteiger partial charge is 0.335 e. The predicted octanol–water partition coefficient (Wildman–Crippen LogP) is 5.15.